The molecule has 0 amide bonds. The van der Waals surface area contributed by atoms with E-state index in [4.69, 9.17) is 4.74 Å². The summed E-state index contributed by atoms with van der Waals surface area (Å²) in [5.41, 5.74) is 1.18. The molecule has 0 saturated carbocycles. The van der Waals surface area contributed by atoms with Gasteiger partial charge in [-0.05, 0) is 24.8 Å². The normalized spacial score (nSPS) is 14.3. The van der Waals surface area contributed by atoms with Gasteiger partial charge in [-0.1, -0.05) is 44.2 Å². The van der Waals surface area contributed by atoms with Crippen LogP contribution in [0, 0.1) is 5.92 Å². The fourth-order valence-electron chi connectivity index (χ4n) is 1.99. The Morgan fingerprint density at radius 2 is 1.83 bits per heavy atom. The maximum atomic E-state index is 11.7. The largest absolute Gasteiger partial charge is 0.468 e. The molecule has 18 heavy (non-hydrogen) atoms. The molecule has 0 aliphatic carbocycles. The van der Waals surface area contributed by atoms with E-state index in [2.05, 4.69) is 38.2 Å². The van der Waals surface area contributed by atoms with Gasteiger partial charge in [-0.3, -0.25) is 10.1 Å². The predicted octanol–water partition coefficient (Wildman–Crippen LogP) is 2.92. The van der Waals surface area contributed by atoms with Gasteiger partial charge in [-0.25, -0.2) is 0 Å². The van der Waals surface area contributed by atoms with Crippen LogP contribution in [0.5, 0.6) is 0 Å². The van der Waals surface area contributed by atoms with Crippen molar-refractivity contribution in [1.82, 2.24) is 5.32 Å². The Balaban J connectivity index is 2.68. The van der Waals surface area contributed by atoms with Crippen molar-refractivity contribution in [2.24, 2.45) is 5.92 Å². The maximum absolute atomic E-state index is 11.7. The first-order valence-corrected chi connectivity index (χ1v) is 6.43. The molecule has 0 fully saturated rings. The van der Waals surface area contributed by atoms with E-state index in [9.17, 15) is 4.79 Å². The van der Waals surface area contributed by atoms with Gasteiger partial charge in [0, 0.05) is 6.04 Å². The second-order valence-corrected chi connectivity index (χ2v) is 5.00. The highest BCUT2D eigenvalue weighted by molar-refractivity contribution is 5.75. The molecule has 100 valence electrons. The van der Waals surface area contributed by atoms with Crippen LogP contribution in [0.4, 0.5) is 0 Å². The van der Waals surface area contributed by atoms with E-state index in [-0.39, 0.29) is 18.1 Å². The molecule has 0 aliphatic rings. The summed E-state index contributed by atoms with van der Waals surface area (Å²) in [5.74, 6) is 0.260. The Morgan fingerprint density at radius 3 is 2.33 bits per heavy atom. The molecule has 1 aromatic carbocycles. The smallest absolute Gasteiger partial charge is 0.322 e. The molecule has 1 aromatic rings. The minimum absolute atomic E-state index is 0.133. The van der Waals surface area contributed by atoms with E-state index < -0.39 is 0 Å². The molecule has 2 atom stereocenters. The van der Waals surface area contributed by atoms with Crippen LogP contribution in [0.3, 0.4) is 0 Å². The molecule has 3 heteroatoms. The first-order valence-electron chi connectivity index (χ1n) is 6.43. The summed E-state index contributed by atoms with van der Waals surface area (Å²) in [4.78, 5) is 11.7. The number of benzene rings is 1. The van der Waals surface area contributed by atoms with Crippen LogP contribution in [0.2, 0.25) is 0 Å². The minimum Gasteiger partial charge on any atom is -0.468 e. The first kappa shape index (κ1) is 14.7. The molecule has 0 radical (unpaired) electrons. The lowest BCUT2D eigenvalue weighted by Crippen LogP contribution is -2.40. The van der Waals surface area contributed by atoms with Gasteiger partial charge in [0.2, 0.25) is 0 Å². The van der Waals surface area contributed by atoms with Gasteiger partial charge in [0.1, 0.15) is 6.04 Å². The number of ether oxygens (including phenoxy) is 1. The molecule has 0 saturated heterocycles. The van der Waals surface area contributed by atoms with Crippen LogP contribution in [-0.2, 0) is 9.53 Å². The monoisotopic (exact) mass is 249 g/mol. The molecule has 3 nitrogen and oxygen atoms in total. The highest BCUT2D eigenvalue weighted by Crippen LogP contribution is 2.15. The van der Waals surface area contributed by atoms with Gasteiger partial charge >= 0.3 is 5.97 Å². The number of esters is 1. The van der Waals surface area contributed by atoms with Gasteiger partial charge in [-0.2, -0.15) is 0 Å². The van der Waals surface area contributed by atoms with Crippen molar-refractivity contribution in [3.8, 4) is 0 Å². The summed E-state index contributed by atoms with van der Waals surface area (Å²) in [6.45, 7) is 6.27. The Bertz CT molecular complexity index is 362. The third kappa shape index (κ3) is 4.49. The van der Waals surface area contributed by atoms with E-state index >= 15 is 0 Å². The van der Waals surface area contributed by atoms with Gasteiger partial charge in [0.05, 0.1) is 7.11 Å². The number of rotatable bonds is 6. The van der Waals surface area contributed by atoms with Crippen molar-refractivity contribution >= 4 is 5.97 Å². The summed E-state index contributed by atoms with van der Waals surface area (Å²) < 4.78 is 4.85. The lowest BCUT2D eigenvalue weighted by Gasteiger charge is -2.23. The highest BCUT2D eigenvalue weighted by Gasteiger charge is 2.22. The quantitative estimate of drug-likeness (QED) is 0.788. The van der Waals surface area contributed by atoms with Crippen LogP contribution in [0.25, 0.3) is 0 Å². The van der Waals surface area contributed by atoms with Crippen molar-refractivity contribution in [3.05, 3.63) is 35.9 Å². The van der Waals surface area contributed by atoms with Crippen LogP contribution >= 0.6 is 0 Å². The third-order valence-electron chi connectivity index (χ3n) is 2.94. The molecule has 0 aromatic heterocycles. The number of carbonyl (C=O) groups excluding carboxylic acids is 1. The van der Waals surface area contributed by atoms with Crippen molar-refractivity contribution < 1.29 is 9.53 Å². The summed E-state index contributed by atoms with van der Waals surface area (Å²) in [6, 6.07) is 10.00. The number of hydrogen-bond donors (Lipinski definition) is 1. The number of methoxy groups -OCH3 is 1. The van der Waals surface area contributed by atoms with Gasteiger partial charge < -0.3 is 4.74 Å². The van der Waals surface area contributed by atoms with Crippen LogP contribution in [-0.4, -0.2) is 19.1 Å². The predicted molar refractivity (Wildman–Crippen MR) is 73.3 cm³/mol. The lowest BCUT2D eigenvalue weighted by atomic mass is 10.0. The summed E-state index contributed by atoms with van der Waals surface area (Å²) >= 11 is 0. The number of hydrogen-bond acceptors (Lipinski definition) is 3. The molecular formula is C15H23NO2. The van der Waals surface area contributed by atoms with Gasteiger partial charge in [-0.15, -0.1) is 0 Å². The molecule has 1 N–H and O–H groups in total. The topological polar surface area (TPSA) is 38.3 Å². The van der Waals surface area contributed by atoms with Crippen molar-refractivity contribution in [2.75, 3.05) is 7.11 Å². The fraction of sp³-hybridized carbons (Fsp3) is 0.533. The number of carbonyl (C=O) groups is 1. The maximum Gasteiger partial charge on any atom is 0.322 e. The average Bonchev–Trinajstić information content (AvgIpc) is 2.37. The standard InChI is InChI=1S/C15H23NO2/c1-11(2)10-14(15(17)18-4)16-12(3)13-8-6-5-7-9-13/h5-9,11-12,14,16H,10H2,1-4H3. The van der Waals surface area contributed by atoms with Crippen molar-refractivity contribution in [3.63, 3.8) is 0 Å². The Hall–Kier alpha value is -1.35. The molecule has 1 rings (SSSR count). The zero-order chi connectivity index (χ0) is 13.5. The zero-order valence-corrected chi connectivity index (χ0v) is 11.6. The summed E-state index contributed by atoms with van der Waals surface area (Å²) in [6.07, 6.45) is 0.782. The molecule has 2 unspecified atom stereocenters. The lowest BCUT2D eigenvalue weighted by molar-refractivity contribution is -0.143. The van der Waals surface area contributed by atoms with Crippen LogP contribution in [0.15, 0.2) is 30.3 Å². The highest BCUT2D eigenvalue weighted by atomic mass is 16.5. The van der Waals surface area contributed by atoms with Crippen molar-refractivity contribution in [1.29, 1.82) is 0 Å². The van der Waals surface area contributed by atoms with E-state index in [1.54, 1.807) is 0 Å². The number of nitrogens with one attached hydrogen (secondary N) is 1. The SMILES string of the molecule is COC(=O)C(CC(C)C)NC(C)c1ccccc1. The second-order valence-electron chi connectivity index (χ2n) is 5.00. The first-order chi connectivity index (χ1) is 8.54. The third-order valence-corrected chi connectivity index (χ3v) is 2.94. The van der Waals surface area contributed by atoms with Gasteiger partial charge in [0.25, 0.3) is 0 Å². The second kappa shape index (κ2) is 7.17. The van der Waals surface area contributed by atoms with E-state index in [1.807, 2.05) is 18.2 Å². The Morgan fingerprint density at radius 1 is 1.22 bits per heavy atom. The molecule has 0 heterocycles. The minimum atomic E-state index is -0.245. The van der Waals surface area contributed by atoms with E-state index in [0.29, 0.717) is 5.92 Å². The Labute approximate surface area is 110 Å². The zero-order valence-electron chi connectivity index (χ0n) is 11.6. The molecule has 0 aliphatic heterocycles. The average molecular weight is 249 g/mol. The fourth-order valence-corrected chi connectivity index (χ4v) is 1.99. The molecule has 0 spiro atoms. The molecule has 0 bridgehead atoms. The summed E-state index contributed by atoms with van der Waals surface area (Å²) in [7, 11) is 1.44. The molecular weight excluding hydrogens is 226 g/mol. The van der Waals surface area contributed by atoms with Crippen LogP contribution < -0.4 is 5.32 Å². The Kier molecular flexibility index (Phi) is 5.86. The van der Waals surface area contributed by atoms with E-state index in [0.717, 1.165) is 6.42 Å². The summed E-state index contributed by atoms with van der Waals surface area (Å²) in [5, 5.41) is 3.34. The van der Waals surface area contributed by atoms with Crippen molar-refractivity contribution in [2.45, 2.75) is 39.3 Å². The van der Waals surface area contributed by atoms with Gasteiger partial charge in [0.15, 0.2) is 0 Å². The van der Waals surface area contributed by atoms with E-state index in [1.165, 1.54) is 12.7 Å². The van der Waals surface area contributed by atoms with Crippen LogP contribution in [0.1, 0.15) is 38.8 Å².